The van der Waals surface area contributed by atoms with Crippen LogP contribution in [0.4, 0.5) is 0 Å². The topological polar surface area (TPSA) is 78.0 Å². The van der Waals surface area contributed by atoms with Gasteiger partial charge in [-0.15, -0.1) is 0 Å². The molecule has 1 aliphatic heterocycles. The van der Waals surface area contributed by atoms with Crippen molar-refractivity contribution in [3.05, 3.63) is 33.8 Å². The maximum Gasteiger partial charge on any atom is 0.346 e. The molecule has 0 saturated heterocycles. The predicted octanol–water partition coefficient (Wildman–Crippen LogP) is 1.34. The van der Waals surface area contributed by atoms with Crippen LogP contribution in [0, 0.1) is 6.92 Å². The number of fused-ring (bicyclic) bond motifs is 1. The molecule has 0 unspecified atom stereocenters. The highest BCUT2D eigenvalue weighted by Gasteiger charge is 2.22. The molecule has 0 radical (unpaired) electrons. The van der Waals surface area contributed by atoms with Gasteiger partial charge in [-0.05, 0) is 32.8 Å². The number of hydrogen-bond donors (Lipinski definition) is 0. The molecule has 26 heavy (non-hydrogen) atoms. The molecule has 0 saturated carbocycles. The van der Waals surface area contributed by atoms with E-state index in [0.29, 0.717) is 19.6 Å². The molecule has 142 valence electrons. The molecule has 0 fully saturated rings. The molecule has 3 rings (SSSR count). The normalized spacial score (nSPS) is 14.3. The van der Waals surface area contributed by atoms with Crippen LogP contribution in [-0.2, 0) is 37.4 Å². The van der Waals surface area contributed by atoms with E-state index in [1.54, 1.807) is 4.57 Å². The molecule has 2 aromatic rings. The zero-order valence-corrected chi connectivity index (χ0v) is 15.9. The van der Waals surface area contributed by atoms with Crippen molar-refractivity contribution < 1.29 is 4.79 Å². The van der Waals surface area contributed by atoms with Crippen LogP contribution >= 0.6 is 0 Å². The van der Waals surface area contributed by atoms with Crippen molar-refractivity contribution >= 4 is 5.91 Å². The highest BCUT2D eigenvalue weighted by atomic mass is 16.2. The molecule has 0 N–H and O–H groups in total. The average Bonchev–Trinajstić information content (AvgIpc) is 3.03. The Morgan fingerprint density at radius 1 is 1.23 bits per heavy atom. The first-order valence-corrected chi connectivity index (χ1v) is 9.51. The third kappa shape index (κ3) is 3.73. The van der Waals surface area contributed by atoms with Gasteiger partial charge in [0.05, 0.1) is 17.9 Å². The van der Waals surface area contributed by atoms with E-state index in [9.17, 15) is 9.59 Å². The second kappa shape index (κ2) is 7.88. The van der Waals surface area contributed by atoms with E-state index in [2.05, 4.69) is 17.1 Å². The highest BCUT2D eigenvalue weighted by molar-refractivity contribution is 5.75. The number of nitrogens with zero attached hydrogens (tertiary/aromatic N) is 6. The Hall–Kier alpha value is -2.38. The molecule has 1 amide bonds. The molecule has 0 atom stereocenters. The van der Waals surface area contributed by atoms with Gasteiger partial charge in [0.25, 0.3) is 0 Å². The van der Waals surface area contributed by atoms with Gasteiger partial charge in [-0.25, -0.2) is 9.48 Å². The number of aromatic nitrogens is 5. The number of rotatable bonds is 6. The summed E-state index contributed by atoms with van der Waals surface area (Å²) in [5.74, 6) is 0.707. The number of carbonyl (C=O) groups is 1. The first-order valence-electron chi connectivity index (χ1n) is 9.51. The Kier molecular flexibility index (Phi) is 5.58. The SMILES string of the molecule is CCCCc1nn(CC(=O)N2CCCn3nc(C)cc3C2)c(=O)n1CC. The standard InChI is InChI=1S/C18H28N6O2/c1-4-6-8-16-20-24(18(26)22(16)5-2)13-17(25)21-9-7-10-23-15(12-21)11-14(3)19-23/h11H,4-10,12-13H2,1-3H3. The maximum absolute atomic E-state index is 12.8. The Bertz CT molecular complexity index is 831. The van der Waals surface area contributed by atoms with Gasteiger partial charge < -0.3 is 4.90 Å². The molecule has 0 bridgehead atoms. The van der Waals surface area contributed by atoms with Crippen LogP contribution in [0.25, 0.3) is 0 Å². The predicted molar refractivity (Wildman–Crippen MR) is 97.8 cm³/mol. The third-order valence-electron chi connectivity index (χ3n) is 4.84. The van der Waals surface area contributed by atoms with Crippen molar-refractivity contribution in [3.8, 4) is 0 Å². The zero-order chi connectivity index (χ0) is 18.7. The van der Waals surface area contributed by atoms with E-state index in [-0.39, 0.29) is 18.1 Å². The van der Waals surface area contributed by atoms with Gasteiger partial charge in [0.15, 0.2) is 0 Å². The summed E-state index contributed by atoms with van der Waals surface area (Å²) >= 11 is 0. The first-order chi connectivity index (χ1) is 12.5. The van der Waals surface area contributed by atoms with Crippen molar-refractivity contribution in [2.45, 2.75) is 72.6 Å². The quantitative estimate of drug-likeness (QED) is 0.779. The van der Waals surface area contributed by atoms with Gasteiger partial charge >= 0.3 is 5.69 Å². The Morgan fingerprint density at radius 3 is 2.77 bits per heavy atom. The van der Waals surface area contributed by atoms with Crippen LogP contribution in [-0.4, -0.2) is 41.5 Å². The molecule has 0 spiro atoms. The Balaban J connectivity index is 1.75. The van der Waals surface area contributed by atoms with Gasteiger partial charge in [0, 0.05) is 26.1 Å². The molecule has 2 aromatic heterocycles. The lowest BCUT2D eigenvalue weighted by atomic mass is 10.2. The lowest BCUT2D eigenvalue weighted by Gasteiger charge is -2.19. The second-order valence-electron chi connectivity index (χ2n) is 6.87. The smallest absolute Gasteiger partial charge is 0.335 e. The molecule has 8 heteroatoms. The number of aryl methyl sites for hydroxylation is 3. The fourth-order valence-electron chi connectivity index (χ4n) is 3.47. The first kappa shape index (κ1) is 18.4. The summed E-state index contributed by atoms with van der Waals surface area (Å²) < 4.78 is 4.97. The summed E-state index contributed by atoms with van der Waals surface area (Å²) in [5, 5.41) is 8.89. The molecular formula is C18H28N6O2. The number of carbonyl (C=O) groups excluding carboxylic acids is 1. The van der Waals surface area contributed by atoms with Crippen LogP contribution in [0.3, 0.4) is 0 Å². The van der Waals surface area contributed by atoms with Crippen molar-refractivity contribution in [3.63, 3.8) is 0 Å². The Morgan fingerprint density at radius 2 is 2.04 bits per heavy atom. The monoisotopic (exact) mass is 360 g/mol. The molecule has 0 aliphatic carbocycles. The summed E-state index contributed by atoms with van der Waals surface area (Å²) in [6, 6.07) is 2.02. The van der Waals surface area contributed by atoms with E-state index < -0.39 is 0 Å². The summed E-state index contributed by atoms with van der Waals surface area (Å²) in [5.41, 5.74) is 1.82. The van der Waals surface area contributed by atoms with Crippen molar-refractivity contribution in [1.29, 1.82) is 0 Å². The van der Waals surface area contributed by atoms with Crippen molar-refractivity contribution in [1.82, 2.24) is 29.0 Å². The van der Waals surface area contributed by atoms with Gasteiger partial charge in [-0.3, -0.25) is 14.0 Å². The third-order valence-corrected chi connectivity index (χ3v) is 4.84. The van der Waals surface area contributed by atoms with Crippen LogP contribution in [0.2, 0.25) is 0 Å². The summed E-state index contributed by atoms with van der Waals surface area (Å²) in [6.07, 6.45) is 3.66. The number of unbranched alkanes of at least 4 members (excludes halogenated alkanes) is 1. The fraction of sp³-hybridized carbons (Fsp3) is 0.667. The largest absolute Gasteiger partial charge is 0.346 e. The lowest BCUT2D eigenvalue weighted by Crippen LogP contribution is -2.37. The van der Waals surface area contributed by atoms with Crippen LogP contribution in [0.5, 0.6) is 0 Å². The Labute approximate surface area is 153 Å². The van der Waals surface area contributed by atoms with Gasteiger partial charge in [-0.1, -0.05) is 13.3 Å². The fourth-order valence-corrected chi connectivity index (χ4v) is 3.47. The van der Waals surface area contributed by atoms with E-state index in [1.807, 2.05) is 29.5 Å². The molecular weight excluding hydrogens is 332 g/mol. The number of hydrogen-bond acceptors (Lipinski definition) is 4. The summed E-state index contributed by atoms with van der Waals surface area (Å²) in [7, 11) is 0. The second-order valence-corrected chi connectivity index (χ2v) is 6.87. The van der Waals surface area contributed by atoms with Crippen LogP contribution in [0.1, 0.15) is 50.3 Å². The minimum Gasteiger partial charge on any atom is -0.335 e. The zero-order valence-electron chi connectivity index (χ0n) is 15.9. The summed E-state index contributed by atoms with van der Waals surface area (Å²) in [6.45, 7) is 8.61. The van der Waals surface area contributed by atoms with Gasteiger partial charge in [-0.2, -0.15) is 10.2 Å². The summed E-state index contributed by atoms with van der Waals surface area (Å²) in [4.78, 5) is 27.2. The van der Waals surface area contributed by atoms with E-state index in [1.165, 1.54) is 4.68 Å². The van der Waals surface area contributed by atoms with E-state index in [4.69, 9.17) is 0 Å². The average molecular weight is 360 g/mol. The van der Waals surface area contributed by atoms with Gasteiger partial charge in [0.1, 0.15) is 12.4 Å². The highest BCUT2D eigenvalue weighted by Crippen LogP contribution is 2.14. The minimum atomic E-state index is -0.192. The molecule has 3 heterocycles. The van der Waals surface area contributed by atoms with Crippen LogP contribution < -0.4 is 5.69 Å². The number of amides is 1. The van der Waals surface area contributed by atoms with E-state index >= 15 is 0 Å². The minimum absolute atomic E-state index is 0.00191. The van der Waals surface area contributed by atoms with Crippen molar-refractivity contribution in [2.24, 2.45) is 0 Å². The molecule has 1 aliphatic rings. The van der Waals surface area contributed by atoms with Crippen molar-refractivity contribution in [2.75, 3.05) is 6.54 Å². The van der Waals surface area contributed by atoms with E-state index in [0.717, 1.165) is 49.4 Å². The molecule has 0 aromatic carbocycles. The molecule has 8 nitrogen and oxygen atoms in total. The lowest BCUT2D eigenvalue weighted by molar-refractivity contribution is -0.132. The van der Waals surface area contributed by atoms with Gasteiger partial charge in [0.2, 0.25) is 5.91 Å². The van der Waals surface area contributed by atoms with Crippen LogP contribution in [0.15, 0.2) is 10.9 Å². The maximum atomic E-state index is 12.8.